The molecule has 0 spiro atoms. The van der Waals surface area contributed by atoms with Crippen molar-refractivity contribution in [1.29, 1.82) is 0 Å². The van der Waals surface area contributed by atoms with E-state index in [1.54, 1.807) is 0 Å². The Kier molecular flexibility index (Phi) is 3.38. The lowest BCUT2D eigenvalue weighted by Crippen LogP contribution is -2.38. The Balaban J connectivity index is 2.19. The van der Waals surface area contributed by atoms with Gasteiger partial charge in [-0.15, -0.1) is 0 Å². The highest BCUT2D eigenvalue weighted by Gasteiger charge is 2.17. The third-order valence-electron chi connectivity index (χ3n) is 2.58. The van der Waals surface area contributed by atoms with Crippen LogP contribution >= 0.6 is 0 Å². The molecule has 1 aliphatic heterocycles. The third kappa shape index (κ3) is 2.49. The van der Waals surface area contributed by atoms with Crippen molar-refractivity contribution in [2.75, 3.05) is 41.9 Å². The SMILES string of the molecule is CNc1cc(N2CCS(=O)CC2)nc(C)n1. The van der Waals surface area contributed by atoms with E-state index in [1.165, 1.54) is 0 Å². The van der Waals surface area contributed by atoms with Crippen LogP contribution < -0.4 is 10.2 Å². The highest BCUT2D eigenvalue weighted by atomic mass is 32.2. The Labute approximate surface area is 97.7 Å². The van der Waals surface area contributed by atoms with Crippen molar-refractivity contribution >= 4 is 22.4 Å². The molecule has 0 unspecified atom stereocenters. The van der Waals surface area contributed by atoms with Gasteiger partial charge >= 0.3 is 0 Å². The summed E-state index contributed by atoms with van der Waals surface area (Å²) in [7, 11) is 1.20. The van der Waals surface area contributed by atoms with Crippen LogP contribution in [0, 0.1) is 6.92 Å². The van der Waals surface area contributed by atoms with Crippen LogP contribution in [0.3, 0.4) is 0 Å². The van der Waals surface area contributed by atoms with E-state index in [2.05, 4.69) is 20.2 Å². The highest BCUT2D eigenvalue weighted by molar-refractivity contribution is 7.85. The van der Waals surface area contributed by atoms with Gasteiger partial charge in [0.1, 0.15) is 17.5 Å². The van der Waals surface area contributed by atoms with E-state index < -0.39 is 10.8 Å². The molecule has 1 aliphatic rings. The molecule has 2 heterocycles. The summed E-state index contributed by atoms with van der Waals surface area (Å²) in [6.07, 6.45) is 0. The molecule has 1 fully saturated rings. The summed E-state index contributed by atoms with van der Waals surface area (Å²) in [5.41, 5.74) is 0. The first-order valence-corrected chi connectivity index (χ1v) is 6.81. The Morgan fingerprint density at radius 3 is 2.69 bits per heavy atom. The molecular formula is C10H16N4OS. The molecule has 0 radical (unpaired) electrons. The Hall–Kier alpha value is -1.17. The second-order valence-corrected chi connectivity index (χ2v) is 5.44. The van der Waals surface area contributed by atoms with Gasteiger partial charge in [-0.25, -0.2) is 9.97 Å². The van der Waals surface area contributed by atoms with Crippen molar-refractivity contribution in [3.05, 3.63) is 11.9 Å². The smallest absolute Gasteiger partial charge is 0.134 e. The largest absolute Gasteiger partial charge is 0.373 e. The molecule has 2 rings (SSSR count). The Bertz CT molecular complexity index is 400. The first-order chi connectivity index (χ1) is 7.69. The van der Waals surface area contributed by atoms with Crippen molar-refractivity contribution in [3.63, 3.8) is 0 Å². The first-order valence-electron chi connectivity index (χ1n) is 5.32. The van der Waals surface area contributed by atoms with Crippen LogP contribution in [0.5, 0.6) is 0 Å². The summed E-state index contributed by atoms with van der Waals surface area (Å²) in [5.74, 6) is 3.98. The average Bonchev–Trinajstić information content (AvgIpc) is 2.29. The second-order valence-electron chi connectivity index (χ2n) is 3.74. The summed E-state index contributed by atoms with van der Waals surface area (Å²) < 4.78 is 11.3. The second kappa shape index (κ2) is 4.78. The minimum Gasteiger partial charge on any atom is -0.373 e. The van der Waals surface area contributed by atoms with Crippen LogP contribution in [0.15, 0.2) is 6.07 Å². The zero-order valence-electron chi connectivity index (χ0n) is 9.56. The molecule has 0 amide bonds. The fourth-order valence-electron chi connectivity index (χ4n) is 1.71. The predicted octanol–water partition coefficient (Wildman–Crippen LogP) is 0.395. The van der Waals surface area contributed by atoms with E-state index in [0.717, 1.165) is 42.1 Å². The van der Waals surface area contributed by atoms with Crippen molar-refractivity contribution < 1.29 is 4.21 Å². The number of aryl methyl sites for hydroxylation is 1. The zero-order chi connectivity index (χ0) is 11.5. The van der Waals surface area contributed by atoms with Crippen LogP contribution in [0.25, 0.3) is 0 Å². The summed E-state index contributed by atoms with van der Waals surface area (Å²) in [5, 5.41) is 3.02. The maximum absolute atomic E-state index is 11.3. The quantitative estimate of drug-likeness (QED) is 0.810. The third-order valence-corrected chi connectivity index (χ3v) is 3.86. The Morgan fingerprint density at radius 2 is 2.06 bits per heavy atom. The molecule has 5 nitrogen and oxygen atoms in total. The molecule has 0 bridgehead atoms. The fraction of sp³-hybridized carbons (Fsp3) is 0.600. The van der Waals surface area contributed by atoms with E-state index in [4.69, 9.17) is 0 Å². The molecule has 0 saturated carbocycles. The van der Waals surface area contributed by atoms with E-state index >= 15 is 0 Å². The summed E-state index contributed by atoms with van der Waals surface area (Å²) in [6, 6.07) is 1.93. The van der Waals surface area contributed by atoms with Gasteiger partial charge < -0.3 is 10.2 Å². The normalized spacial score (nSPS) is 17.5. The average molecular weight is 240 g/mol. The van der Waals surface area contributed by atoms with Gasteiger partial charge in [-0.2, -0.15) is 0 Å². The van der Waals surface area contributed by atoms with Crippen LogP contribution in [0.1, 0.15) is 5.82 Å². The van der Waals surface area contributed by atoms with Gasteiger partial charge in [-0.3, -0.25) is 4.21 Å². The van der Waals surface area contributed by atoms with Gasteiger partial charge in [0.05, 0.1) is 0 Å². The van der Waals surface area contributed by atoms with E-state index in [-0.39, 0.29) is 0 Å². The minimum absolute atomic E-state index is 0.648. The standard InChI is InChI=1S/C10H16N4OS/c1-8-12-9(11-2)7-10(13-8)14-3-5-16(15)6-4-14/h7H,3-6H2,1-2H3,(H,11,12,13). The molecule has 1 aromatic rings. The van der Waals surface area contributed by atoms with Crippen LogP contribution in [0.4, 0.5) is 11.6 Å². The topological polar surface area (TPSA) is 58.1 Å². The van der Waals surface area contributed by atoms with Gasteiger partial charge in [0.25, 0.3) is 0 Å². The summed E-state index contributed by atoms with van der Waals surface area (Å²) in [4.78, 5) is 10.8. The van der Waals surface area contributed by atoms with Gasteiger partial charge in [-0.1, -0.05) is 0 Å². The number of anilines is 2. The number of nitrogens with one attached hydrogen (secondary N) is 1. The Morgan fingerprint density at radius 1 is 1.38 bits per heavy atom. The maximum atomic E-state index is 11.3. The molecule has 0 aliphatic carbocycles. The number of rotatable bonds is 2. The van der Waals surface area contributed by atoms with Gasteiger partial charge in [0.2, 0.25) is 0 Å². The maximum Gasteiger partial charge on any atom is 0.134 e. The van der Waals surface area contributed by atoms with Crippen LogP contribution in [0.2, 0.25) is 0 Å². The number of nitrogens with zero attached hydrogens (tertiary/aromatic N) is 3. The van der Waals surface area contributed by atoms with Crippen LogP contribution in [-0.2, 0) is 10.8 Å². The fourth-order valence-corrected chi connectivity index (χ4v) is 2.76. The monoisotopic (exact) mass is 240 g/mol. The molecule has 0 aromatic carbocycles. The summed E-state index contributed by atoms with van der Waals surface area (Å²) in [6.45, 7) is 3.50. The zero-order valence-corrected chi connectivity index (χ0v) is 10.4. The van der Waals surface area contributed by atoms with E-state index in [0.29, 0.717) is 0 Å². The first kappa shape index (κ1) is 11.3. The van der Waals surface area contributed by atoms with E-state index in [9.17, 15) is 4.21 Å². The van der Waals surface area contributed by atoms with Crippen molar-refractivity contribution in [1.82, 2.24) is 9.97 Å². The predicted molar refractivity (Wildman–Crippen MR) is 66.4 cm³/mol. The van der Waals surface area contributed by atoms with Gasteiger partial charge in [0, 0.05) is 48.5 Å². The molecule has 1 saturated heterocycles. The molecule has 6 heteroatoms. The molecule has 88 valence electrons. The lowest BCUT2D eigenvalue weighted by atomic mass is 10.4. The molecular weight excluding hydrogens is 224 g/mol. The number of hydrogen-bond donors (Lipinski definition) is 1. The summed E-state index contributed by atoms with van der Waals surface area (Å²) >= 11 is 0. The number of hydrogen-bond acceptors (Lipinski definition) is 5. The van der Waals surface area contributed by atoms with Crippen LogP contribution in [-0.4, -0.2) is 45.8 Å². The van der Waals surface area contributed by atoms with Gasteiger partial charge in [0.15, 0.2) is 0 Å². The lowest BCUT2D eigenvalue weighted by Gasteiger charge is -2.27. The lowest BCUT2D eigenvalue weighted by molar-refractivity contribution is 0.672. The number of aromatic nitrogens is 2. The van der Waals surface area contributed by atoms with Crippen molar-refractivity contribution in [3.8, 4) is 0 Å². The molecule has 0 atom stereocenters. The van der Waals surface area contributed by atoms with E-state index in [1.807, 2.05) is 20.0 Å². The molecule has 1 aromatic heterocycles. The van der Waals surface area contributed by atoms with Crippen molar-refractivity contribution in [2.24, 2.45) is 0 Å². The van der Waals surface area contributed by atoms with Crippen molar-refractivity contribution in [2.45, 2.75) is 6.92 Å². The molecule has 1 N–H and O–H groups in total. The highest BCUT2D eigenvalue weighted by Crippen LogP contribution is 2.17. The van der Waals surface area contributed by atoms with Gasteiger partial charge in [-0.05, 0) is 6.92 Å². The minimum atomic E-state index is -0.648. The molecule has 16 heavy (non-hydrogen) atoms.